The van der Waals surface area contributed by atoms with Gasteiger partial charge in [-0.25, -0.2) is 9.37 Å². The van der Waals surface area contributed by atoms with E-state index in [4.69, 9.17) is 15.2 Å². The Balaban J connectivity index is 1.52. The van der Waals surface area contributed by atoms with Gasteiger partial charge in [0, 0.05) is 29.8 Å². The zero-order valence-electron chi connectivity index (χ0n) is 17.2. The first-order chi connectivity index (χ1) is 15.7. The second kappa shape index (κ2) is 7.92. The molecule has 7 nitrogen and oxygen atoms in total. The predicted molar refractivity (Wildman–Crippen MR) is 108 cm³/mol. The van der Waals surface area contributed by atoms with Gasteiger partial charge in [-0.3, -0.25) is 9.78 Å². The maximum Gasteiger partial charge on any atom is 0.417 e. The molecule has 0 spiro atoms. The summed E-state index contributed by atoms with van der Waals surface area (Å²) in [7, 11) is 0. The molecule has 2 aromatic heterocycles. The number of nitrogens with two attached hydrogens (primary N) is 1. The highest BCUT2D eigenvalue weighted by molar-refractivity contribution is 5.99. The van der Waals surface area contributed by atoms with Crippen molar-refractivity contribution in [3.8, 4) is 0 Å². The van der Waals surface area contributed by atoms with Crippen LogP contribution in [0.25, 0.3) is 10.9 Å². The number of morpholine rings is 1. The van der Waals surface area contributed by atoms with E-state index in [2.05, 4.69) is 9.97 Å². The normalized spacial score (nSPS) is 18.5. The summed E-state index contributed by atoms with van der Waals surface area (Å²) in [6.45, 7) is 0.925. The average molecular weight is 462 g/mol. The third kappa shape index (κ3) is 3.76. The first-order valence-corrected chi connectivity index (χ1v) is 10.1. The maximum atomic E-state index is 15.0. The molecule has 4 heterocycles. The lowest BCUT2D eigenvalue weighted by Gasteiger charge is -2.35. The molecule has 1 aromatic carbocycles. The number of benzene rings is 1. The van der Waals surface area contributed by atoms with E-state index in [1.165, 1.54) is 17.0 Å². The first-order valence-electron chi connectivity index (χ1n) is 10.1. The van der Waals surface area contributed by atoms with Crippen molar-refractivity contribution in [3.05, 3.63) is 64.2 Å². The molecule has 0 saturated carbocycles. The van der Waals surface area contributed by atoms with Gasteiger partial charge in [0.1, 0.15) is 11.6 Å². The molecule has 1 fully saturated rings. The molecular formula is C22H18F4N4O3. The van der Waals surface area contributed by atoms with E-state index in [9.17, 15) is 22.4 Å². The molecule has 172 valence electrons. The molecule has 0 radical (unpaired) electrons. The van der Waals surface area contributed by atoms with Crippen molar-refractivity contribution >= 4 is 22.6 Å². The standard InChI is InChI=1S/C22H18F4N4O3/c23-16-6-18-12(14-8-33-9-15(14)20(27)29-18)5-13(16)21(31)30-3-4-32-10-19(30)17-2-1-11(7-28-17)22(24,25)26/h1-2,5-7,19H,3-4,8-10H2,(H2,27,29)/t19-/m0/s1. The topological polar surface area (TPSA) is 90.6 Å². The molecule has 0 bridgehead atoms. The molecule has 1 amide bonds. The smallest absolute Gasteiger partial charge is 0.383 e. The lowest BCUT2D eigenvalue weighted by Crippen LogP contribution is -2.44. The largest absolute Gasteiger partial charge is 0.417 e. The van der Waals surface area contributed by atoms with Crippen molar-refractivity contribution in [1.82, 2.24) is 14.9 Å². The molecule has 2 aliphatic heterocycles. The van der Waals surface area contributed by atoms with Crippen LogP contribution in [0.1, 0.15) is 38.8 Å². The fourth-order valence-electron chi connectivity index (χ4n) is 4.17. The van der Waals surface area contributed by atoms with Gasteiger partial charge in [-0.05, 0) is 23.8 Å². The second-order valence-corrected chi connectivity index (χ2v) is 7.85. The van der Waals surface area contributed by atoms with E-state index < -0.39 is 29.5 Å². The van der Waals surface area contributed by atoms with E-state index in [0.29, 0.717) is 22.7 Å². The zero-order valence-corrected chi connectivity index (χ0v) is 17.2. The number of fused-ring (bicyclic) bond motifs is 3. The maximum absolute atomic E-state index is 15.0. The summed E-state index contributed by atoms with van der Waals surface area (Å²) < 4.78 is 64.5. The van der Waals surface area contributed by atoms with E-state index in [-0.39, 0.29) is 50.0 Å². The second-order valence-electron chi connectivity index (χ2n) is 7.85. The van der Waals surface area contributed by atoms with Crippen LogP contribution >= 0.6 is 0 Å². The Morgan fingerprint density at radius 1 is 1.15 bits per heavy atom. The molecule has 1 saturated heterocycles. The van der Waals surface area contributed by atoms with Gasteiger partial charge in [0.05, 0.1) is 54.8 Å². The average Bonchev–Trinajstić information content (AvgIpc) is 3.29. The van der Waals surface area contributed by atoms with Gasteiger partial charge in [-0.15, -0.1) is 0 Å². The van der Waals surface area contributed by atoms with E-state index >= 15 is 0 Å². The highest BCUT2D eigenvalue weighted by atomic mass is 19.4. The fourth-order valence-corrected chi connectivity index (χ4v) is 4.17. The lowest BCUT2D eigenvalue weighted by molar-refractivity contribution is -0.137. The number of anilines is 1. The van der Waals surface area contributed by atoms with Crippen molar-refractivity contribution in [2.75, 3.05) is 25.5 Å². The van der Waals surface area contributed by atoms with E-state index in [1.54, 1.807) is 0 Å². The lowest BCUT2D eigenvalue weighted by atomic mass is 10.0. The van der Waals surface area contributed by atoms with Gasteiger partial charge in [0.2, 0.25) is 0 Å². The molecular weight excluding hydrogens is 444 g/mol. The Morgan fingerprint density at radius 2 is 1.94 bits per heavy atom. The van der Waals surface area contributed by atoms with Crippen LogP contribution in [0.5, 0.6) is 0 Å². The van der Waals surface area contributed by atoms with Gasteiger partial charge in [-0.2, -0.15) is 13.2 Å². The molecule has 5 rings (SSSR count). The van der Waals surface area contributed by atoms with Crippen LogP contribution < -0.4 is 5.73 Å². The summed E-state index contributed by atoms with van der Waals surface area (Å²) in [5, 5.41) is 0.568. The quantitative estimate of drug-likeness (QED) is 0.586. The minimum absolute atomic E-state index is 0.0284. The highest BCUT2D eigenvalue weighted by Gasteiger charge is 2.34. The number of pyridine rings is 2. The SMILES string of the molecule is Nc1nc2cc(F)c(C(=O)N3CCOC[C@H]3c3ccc(C(F)(F)F)cn3)cc2c2c1COC2. The summed E-state index contributed by atoms with van der Waals surface area (Å²) in [6, 6.07) is 3.93. The molecule has 33 heavy (non-hydrogen) atoms. The van der Waals surface area contributed by atoms with E-state index in [0.717, 1.165) is 17.7 Å². The van der Waals surface area contributed by atoms with Crippen molar-refractivity contribution in [2.24, 2.45) is 0 Å². The summed E-state index contributed by atoms with van der Waals surface area (Å²) in [5.41, 5.74) is 6.87. The van der Waals surface area contributed by atoms with Crippen LogP contribution in [0, 0.1) is 5.82 Å². The summed E-state index contributed by atoms with van der Waals surface area (Å²) in [4.78, 5) is 22.9. The molecule has 1 atom stereocenters. The molecule has 2 N–H and O–H groups in total. The van der Waals surface area contributed by atoms with Gasteiger partial charge in [0.15, 0.2) is 0 Å². The number of ether oxygens (including phenoxy) is 2. The van der Waals surface area contributed by atoms with Crippen LogP contribution in [0.4, 0.5) is 23.4 Å². The van der Waals surface area contributed by atoms with Crippen LogP contribution in [0.2, 0.25) is 0 Å². The number of aromatic nitrogens is 2. The minimum Gasteiger partial charge on any atom is -0.383 e. The number of carbonyl (C=O) groups is 1. The number of halogens is 4. The Hall–Kier alpha value is -3.31. The Bertz CT molecular complexity index is 1250. The molecule has 2 aliphatic rings. The number of rotatable bonds is 2. The first kappa shape index (κ1) is 21.5. The van der Waals surface area contributed by atoms with Gasteiger partial charge < -0.3 is 20.1 Å². The third-order valence-corrected chi connectivity index (χ3v) is 5.89. The van der Waals surface area contributed by atoms with Gasteiger partial charge in [0.25, 0.3) is 5.91 Å². The van der Waals surface area contributed by atoms with Crippen LogP contribution in [-0.4, -0.2) is 40.5 Å². The van der Waals surface area contributed by atoms with Gasteiger partial charge >= 0.3 is 6.18 Å². The number of alkyl halides is 3. The van der Waals surface area contributed by atoms with Crippen LogP contribution in [-0.2, 0) is 28.9 Å². The highest BCUT2D eigenvalue weighted by Crippen LogP contribution is 2.34. The Morgan fingerprint density at radius 3 is 2.67 bits per heavy atom. The summed E-state index contributed by atoms with van der Waals surface area (Å²) >= 11 is 0. The number of amides is 1. The zero-order chi connectivity index (χ0) is 23.3. The molecule has 0 aliphatic carbocycles. The van der Waals surface area contributed by atoms with Crippen molar-refractivity contribution in [2.45, 2.75) is 25.4 Å². The van der Waals surface area contributed by atoms with Crippen LogP contribution in [0.3, 0.4) is 0 Å². The van der Waals surface area contributed by atoms with Crippen molar-refractivity contribution < 1.29 is 31.8 Å². The molecule has 11 heteroatoms. The third-order valence-electron chi connectivity index (χ3n) is 5.89. The number of hydrogen-bond acceptors (Lipinski definition) is 6. The Kier molecular flexibility index (Phi) is 5.17. The van der Waals surface area contributed by atoms with Crippen molar-refractivity contribution in [3.63, 3.8) is 0 Å². The number of carbonyl (C=O) groups excluding carboxylic acids is 1. The number of nitrogen functional groups attached to an aromatic ring is 1. The van der Waals surface area contributed by atoms with Crippen LogP contribution in [0.15, 0.2) is 30.5 Å². The Labute approximate surface area is 185 Å². The summed E-state index contributed by atoms with van der Waals surface area (Å²) in [5.74, 6) is -1.13. The molecule has 3 aromatic rings. The fraction of sp³-hybridized carbons (Fsp3) is 0.318. The number of nitrogens with zero attached hydrogens (tertiary/aromatic N) is 3. The monoisotopic (exact) mass is 462 g/mol. The van der Waals surface area contributed by atoms with E-state index in [1.807, 2.05) is 0 Å². The predicted octanol–water partition coefficient (Wildman–Crippen LogP) is 3.61. The molecule has 0 unspecified atom stereocenters. The van der Waals surface area contributed by atoms with Crippen molar-refractivity contribution in [1.29, 1.82) is 0 Å². The number of hydrogen-bond donors (Lipinski definition) is 1. The minimum atomic E-state index is -4.53. The summed E-state index contributed by atoms with van der Waals surface area (Å²) in [6.07, 6.45) is -3.82. The van der Waals surface area contributed by atoms with Gasteiger partial charge in [-0.1, -0.05) is 0 Å².